The van der Waals surface area contributed by atoms with Gasteiger partial charge in [0.1, 0.15) is 0 Å². The number of hydrogen-bond donors (Lipinski definition) is 1. The summed E-state index contributed by atoms with van der Waals surface area (Å²) in [6, 6.07) is 1.38. The predicted octanol–water partition coefficient (Wildman–Crippen LogP) is 2.28. The average molecular weight is 269 g/mol. The van der Waals surface area contributed by atoms with Crippen LogP contribution < -0.4 is 5.32 Å². The Morgan fingerprint density at radius 1 is 1.05 bits per heavy atom. The van der Waals surface area contributed by atoms with Crippen LogP contribution in [0.4, 0.5) is 0 Å². The van der Waals surface area contributed by atoms with E-state index < -0.39 is 0 Å². The molecule has 0 amide bonds. The van der Waals surface area contributed by atoms with E-state index in [2.05, 4.69) is 57.0 Å². The Morgan fingerprint density at radius 3 is 2.32 bits per heavy atom. The van der Waals surface area contributed by atoms with E-state index in [0.29, 0.717) is 12.1 Å². The molecule has 0 saturated heterocycles. The fourth-order valence-corrected chi connectivity index (χ4v) is 3.83. The minimum absolute atomic E-state index is 0.674. The summed E-state index contributed by atoms with van der Waals surface area (Å²) in [6.45, 7) is 10.6. The number of hydrogen-bond acceptors (Lipinski definition) is 3. The van der Waals surface area contributed by atoms with Crippen LogP contribution in [0.25, 0.3) is 0 Å². The molecule has 114 valence electrons. The third kappa shape index (κ3) is 5.41. The summed E-state index contributed by atoms with van der Waals surface area (Å²) in [5.41, 5.74) is 0. The van der Waals surface area contributed by atoms with Gasteiger partial charge in [0, 0.05) is 12.1 Å². The second kappa shape index (κ2) is 8.23. The molecule has 1 aliphatic carbocycles. The van der Waals surface area contributed by atoms with Crippen molar-refractivity contribution in [1.29, 1.82) is 0 Å². The van der Waals surface area contributed by atoms with Gasteiger partial charge in [0.15, 0.2) is 0 Å². The normalized spacial score (nSPS) is 32.2. The van der Waals surface area contributed by atoms with Gasteiger partial charge in [0.25, 0.3) is 0 Å². The van der Waals surface area contributed by atoms with Crippen LogP contribution in [0.5, 0.6) is 0 Å². The summed E-state index contributed by atoms with van der Waals surface area (Å²) < 4.78 is 0. The Labute approximate surface area is 120 Å². The third-order valence-corrected chi connectivity index (χ3v) is 4.52. The first-order valence-corrected chi connectivity index (χ1v) is 8.04. The zero-order valence-corrected chi connectivity index (χ0v) is 13.9. The molecule has 1 rings (SSSR count). The van der Waals surface area contributed by atoms with Gasteiger partial charge in [-0.05, 0) is 71.9 Å². The standard InChI is InChI=1S/C16H35N3/c1-7-17-15-12-13(2)11-14(3)16(15)19(6)10-8-9-18(4)5/h13-17H,7-12H2,1-6H3. The molecule has 1 aliphatic rings. The Kier molecular flexibility index (Phi) is 7.33. The minimum atomic E-state index is 0.674. The molecule has 0 spiro atoms. The van der Waals surface area contributed by atoms with Crippen molar-refractivity contribution in [3.8, 4) is 0 Å². The number of nitrogens with zero attached hydrogens (tertiary/aromatic N) is 2. The largest absolute Gasteiger partial charge is 0.313 e. The molecule has 0 aliphatic heterocycles. The monoisotopic (exact) mass is 269 g/mol. The molecule has 19 heavy (non-hydrogen) atoms. The Bertz CT molecular complexity index is 242. The Hall–Kier alpha value is -0.120. The lowest BCUT2D eigenvalue weighted by molar-refractivity contribution is 0.0788. The highest BCUT2D eigenvalue weighted by Crippen LogP contribution is 2.31. The Balaban J connectivity index is 2.54. The SMILES string of the molecule is CCNC1CC(C)CC(C)C1N(C)CCCN(C)C. The van der Waals surface area contributed by atoms with Gasteiger partial charge < -0.3 is 15.1 Å². The molecule has 0 radical (unpaired) electrons. The van der Waals surface area contributed by atoms with E-state index >= 15 is 0 Å². The summed E-state index contributed by atoms with van der Waals surface area (Å²) >= 11 is 0. The van der Waals surface area contributed by atoms with E-state index in [4.69, 9.17) is 0 Å². The predicted molar refractivity (Wildman–Crippen MR) is 84.6 cm³/mol. The van der Waals surface area contributed by atoms with E-state index in [9.17, 15) is 0 Å². The van der Waals surface area contributed by atoms with Gasteiger partial charge in [-0.15, -0.1) is 0 Å². The molecule has 4 atom stereocenters. The van der Waals surface area contributed by atoms with Gasteiger partial charge in [0.05, 0.1) is 0 Å². The third-order valence-electron chi connectivity index (χ3n) is 4.52. The van der Waals surface area contributed by atoms with Crippen LogP contribution in [0.15, 0.2) is 0 Å². The minimum Gasteiger partial charge on any atom is -0.313 e. The van der Waals surface area contributed by atoms with Crippen molar-refractivity contribution >= 4 is 0 Å². The van der Waals surface area contributed by atoms with Crippen LogP contribution in [-0.4, -0.2) is 62.7 Å². The lowest BCUT2D eigenvalue weighted by Gasteiger charge is -2.45. The van der Waals surface area contributed by atoms with Crippen LogP contribution in [0.3, 0.4) is 0 Å². The van der Waals surface area contributed by atoms with E-state index in [1.54, 1.807) is 0 Å². The van der Waals surface area contributed by atoms with Gasteiger partial charge in [-0.1, -0.05) is 20.8 Å². The first-order chi connectivity index (χ1) is 8.95. The maximum atomic E-state index is 3.72. The van der Waals surface area contributed by atoms with Gasteiger partial charge in [-0.3, -0.25) is 0 Å². The molecule has 0 aromatic heterocycles. The highest BCUT2D eigenvalue weighted by Gasteiger charge is 2.35. The van der Waals surface area contributed by atoms with Gasteiger partial charge >= 0.3 is 0 Å². The highest BCUT2D eigenvalue weighted by molar-refractivity contribution is 4.93. The van der Waals surface area contributed by atoms with Crippen molar-refractivity contribution in [3.05, 3.63) is 0 Å². The van der Waals surface area contributed by atoms with Gasteiger partial charge in [-0.2, -0.15) is 0 Å². The molecule has 0 heterocycles. The van der Waals surface area contributed by atoms with E-state index in [0.717, 1.165) is 18.4 Å². The summed E-state index contributed by atoms with van der Waals surface area (Å²) in [5, 5.41) is 3.72. The maximum absolute atomic E-state index is 3.72. The lowest BCUT2D eigenvalue weighted by atomic mass is 9.76. The lowest BCUT2D eigenvalue weighted by Crippen LogP contribution is -2.55. The molecule has 3 heteroatoms. The van der Waals surface area contributed by atoms with Crippen LogP contribution in [0.2, 0.25) is 0 Å². The first kappa shape index (κ1) is 16.9. The fourth-order valence-electron chi connectivity index (χ4n) is 3.83. The summed E-state index contributed by atoms with van der Waals surface area (Å²) in [4.78, 5) is 4.88. The zero-order chi connectivity index (χ0) is 14.4. The van der Waals surface area contributed by atoms with Gasteiger partial charge in [0.2, 0.25) is 0 Å². The first-order valence-electron chi connectivity index (χ1n) is 8.04. The summed E-state index contributed by atoms with van der Waals surface area (Å²) in [7, 11) is 6.63. The second-order valence-electron chi connectivity index (χ2n) is 6.85. The molecule has 0 bridgehead atoms. The smallest absolute Gasteiger partial charge is 0.0272 e. The van der Waals surface area contributed by atoms with Crippen molar-refractivity contribution in [2.24, 2.45) is 11.8 Å². The topological polar surface area (TPSA) is 18.5 Å². The molecule has 0 aromatic carbocycles. The van der Waals surface area contributed by atoms with Crippen LogP contribution in [-0.2, 0) is 0 Å². The quantitative estimate of drug-likeness (QED) is 0.765. The molecule has 1 saturated carbocycles. The maximum Gasteiger partial charge on any atom is 0.0272 e. The molecule has 4 unspecified atom stereocenters. The zero-order valence-electron chi connectivity index (χ0n) is 13.9. The van der Waals surface area contributed by atoms with Crippen LogP contribution in [0.1, 0.15) is 40.0 Å². The van der Waals surface area contributed by atoms with E-state index in [-0.39, 0.29) is 0 Å². The average Bonchev–Trinajstić information content (AvgIpc) is 2.27. The van der Waals surface area contributed by atoms with Crippen molar-refractivity contribution in [3.63, 3.8) is 0 Å². The van der Waals surface area contributed by atoms with Crippen molar-refractivity contribution in [1.82, 2.24) is 15.1 Å². The summed E-state index contributed by atoms with van der Waals surface area (Å²) in [6.07, 6.45) is 3.98. The number of rotatable bonds is 7. The van der Waals surface area contributed by atoms with Crippen LogP contribution in [0, 0.1) is 11.8 Å². The molecule has 3 nitrogen and oxygen atoms in total. The molecular weight excluding hydrogens is 234 g/mol. The Morgan fingerprint density at radius 2 is 1.74 bits per heavy atom. The van der Waals surface area contributed by atoms with Crippen molar-refractivity contribution < 1.29 is 0 Å². The van der Waals surface area contributed by atoms with Crippen LogP contribution >= 0.6 is 0 Å². The van der Waals surface area contributed by atoms with Gasteiger partial charge in [-0.25, -0.2) is 0 Å². The number of nitrogens with one attached hydrogen (secondary N) is 1. The molecule has 1 N–H and O–H groups in total. The molecular formula is C16H35N3. The molecule has 0 aromatic rings. The summed E-state index contributed by atoms with van der Waals surface area (Å²) in [5.74, 6) is 1.67. The highest BCUT2D eigenvalue weighted by atomic mass is 15.2. The fraction of sp³-hybridized carbons (Fsp3) is 1.00. The van der Waals surface area contributed by atoms with Crippen molar-refractivity contribution in [2.75, 3.05) is 40.8 Å². The second-order valence-corrected chi connectivity index (χ2v) is 6.85. The van der Waals surface area contributed by atoms with E-state index in [1.165, 1.54) is 32.4 Å². The molecule has 1 fully saturated rings. The number of likely N-dealkylation sites (N-methyl/N-ethyl adjacent to an activating group) is 2. The van der Waals surface area contributed by atoms with E-state index in [1.807, 2.05) is 0 Å². The van der Waals surface area contributed by atoms with Crippen molar-refractivity contribution in [2.45, 2.75) is 52.1 Å².